The third kappa shape index (κ3) is 44.1. The number of phenols is 1. The van der Waals surface area contributed by atoms with Crippen molar-refractivity contribution in [3.05, 3.63) is 92.3 Å². The number of unbranched alkanes of at least 4 members (excludes halogenated alkanes) is 33. The Balaban J connectivity index is 0.00000122. The number of hydrogen-bond acceptors (Lipinski definition) is 8. The minimum atomic E-state index is -0.781. The summed E-state index contributed by atoms with van der Waals surface area (Å²) in [5.74, 6) is -1.05. The van der Waals surface area contributed by atoms with E-state index in [-0.39, 0.29) is 69.8 Å². The summed E-state index contributed by atoms with van der Waals surface area (Å²) in [6.45, 7) is 24.5. The molecule has 2 aromatic rings. The Kier molecular flexibility index (Phi) is 50.0. The van der Waals surface area contributed by atoms with Crippen molar-refractivity contribution in [2.45, 2.75) is 356 Å². The van der Waals surface area contributed by atoms with Crippen LogP contribution in [0, 0.1) is 0 Å². The van der Waals surface area contributed by atoms with E-state index in [4.69, 9.17) is 14.2 Å². The number of aliphatic hydroxyl groups excluding tert-OH is 1. The molecule has 11 nitrogen and oxygen atoms in total. The van der Waals surface area contributed by atoms with E-state index in [0.717, 1.165) is 88.2 Å². The van der Waals surface area contributed by atoms with Gasteiger partial charge in [-0.05, 0) is 120 Å². The van der Waals surface area contributed by atoms with Gasteiger partial charge in [0.15, 0.2) is 11.7 Å². The molecule has 0 aliphatic heterocycles. The number of carbonyl (C=O) groups is 3. The number of aromatic hydroxyl groups is 1. The van der Waals surface area contributed by atoms with Gasteiger partial charge in [0.25, 0.3) is 0 Å². The maximum absolute atomic E-state index is 12.8. The Morgan fingerprint density at radius 2 is 0.835 bits per heavy atom. The number of pyridine rings is 1. The van der Waals surface area contributed by atoms with Crippen molar-refractivity contribution in [3.63, 3.8) is 0 Å². The number of aromatic nitrogens is 1. The van der Waals surface area contributed by atoms with Crippen LogP contribution in [-0.4, -0.2) is 58.3 Å². The molecule has 0 saturated heterocycles. The second-order valence-corrected chi connectivity index (χ2v) is 27.6. The molecule has 4 N–H and O–H groups in total. The molecule has 0 saturated carbocycles. The lowest BCUT2D eigenvalue weighted by Gasteiger charge is -2.25. The molecule has 1 heterocycles. The molecule has 0 amide bonds. The molecule has 0 spiro atoms. The summed E-state index contributed by atoms with van der Waals surface area (Å²) < 4.78 is 16.8. The Labute approximate surface area is 555 Å². The van der Waals surface area contributed by atoms with Crippen LogP contribution in [0.25, 0.3) is 12.7 Å². The fourth-order valence-corrected chi connectivity index (χ4v) is 11.0. The van der Waals surface area contributed by atoms with E-state index < -0.39 is 6.10 Å². The molecular weight excluding hydrogens is 1130 g/mol. The summed E-state index contributed by atoms with van der Waals surface area (Å²) in [7, 11) is 0. The smallest absolute Gasteiger partial charge is 0.377 e. The summed E-state index contributed by atoms with van der Waals surface area (Å²) in [4.78, 5) is 56.5. The van der Waals surface area contributed by atoms with E-state index in [0.29, 0.717) is 30.3 Å². The first kappa shape index (κ1) is 83.8. The minimum absolute atomic E-state index is 0.0806. The van der Waals surface area contributed by atoms with Crippen molar-refractivity contribution >= 4 is 42.1 Å². The number of allylic oxidation sites excluding steroid dienone is 6. The monoisotopic (exact) mass is 1270 g/mol. The van der Waals surface area contributed by atoms with Crippen LogP contribution in [0.5, 0.6) is 5.75 Å². The van der Waals surface area contributed by atoms with Crippen LogP contribution in [0.2, 0.25) is 0 Å². The number of aromatic amines is 1. The summed E-state index contributed by atoms with van der Waals surface area (Å²) in [6.07, 6.45) is 64.4. The number of phenolic OH excluding ortho intramolecular Hbond substituents is 1. The second-order valence-electron chi connectivity index (χ2n) is 27.6. The number of rotatable bonds is 52. The average Bonchev–Trinajstić information content (AvgIpc) is 0.945. The predicted molar refractivity (Wildman–Crippen MR) is 385 cm³/mol. The number of aliphatic hydroxyl groups is 1. The highest BCUT2D eigenvalue weighted by molar-refractivity contribution is 5.88. The van der Waals surface area contributed by atoms with E-state index in [1.165, 1.54) is 180 Å². The van der Waals surface area contributed by atoms with Crippen molar-refractivity contribution < 1.29 is 43.8 Å². The van der Waals surface area contributed by atoms with Gasteiger partial charge in [-0.2, -0.15) is 4.99 Å². The molecule has 0 unspecified atom stereocenters. The van der Waals surface area contributed by atoms with Gasteiger partial charge in [0, 0.05) is 47.2 Å². The molecule has 518 valence electrons. The van der Waals surface area contributed by atoms with Crippen LogP contribution >= 0.6 is 0 Å². The predicted octanol–water partition coefficient (Wildman–Crippen LogP) is 19.7. The van der Waals surface area contributed by atoms with Crippen LogP contribution in [0.4, 0.5) is 5.69 Å². The zero-order valence-corrected chi connectivity index (χ0v) is 59.9. The Bertz CT molecular complexity index is 2450. The van der Waals surface area contributed by atoms with E-state index in [2.05, 4.69) is 94.6 Å². The Morgan fingerprint density at radius 1 is 0.505 bits per heavy atom. The van der Waals surface area contributed by atoms with Crippen molar-refractivity contribution in [1.82, 2.24) is 4.98 Å². The lowest BCUT2D eigenvalue weighted by atomic mass is 9.79. The lowest BCUT2D eigenvalue weighted by molar-refractivity contribution is -0.365. The molecule has 0 aliphatic rings. The Morgan fingerprint density at radius 3 is 1.18 bits per heavy atom. The highest BCUT2D eigenvalue weighted by Crippen LogP contribution is 2.38. The normalized spacial score (nSPS) is 12.4. The first-order valence-corrected chi connectivity index (χ1v) is 36.8. The maximum Gasteiger partial charge on any atom is 0.377 e. The molecule has 0 fully saturated rings. The van der Waals surface area contributed by atoms with Crippen LogP contribution in [0.1, 0.15) is 356 Å². The van der Waals surface area contributed by atoms with Crippen molar-refractivity contribution in [2.24, 2.45) is 0 Å². The molecule has 0 radical (unpaired) electrons. The van der Waals surface area contributed by atoms with Gasteiger partial charge in [0.1, 0.15) is 19.0 Å². The summed E-state index contributed by atoms with van der Waals surface area (Å²) in [5, 5.41) is 22.1. The third-order valence-corrected chi connectivity index (χ3v) is 16.9. The number of esters is 3. The lowest BCUT2D eigenvalue weighted by Crippen LogP contribution is -2.68. The summed E-state index contributed by atoms with van der Waals surface area (Å²) in [6, 6.07) is 3.56. The fourth-order valence-electron chi connectivity index (χ4n) is 11.0. The Hall–Kier alpha value is -5.19. The van der Waals surface area contributed by atoms with Crippen LogP contribution in [0.3, 0.4) is 0 Å². The molecule has 2 rings (SSSR count). The number of H-pyrrole nitrogens is 1. The minimum Gasteiger partial charge on any atom is -0.507 e. The van der Waals surface area contributed by atoms with Gasteiger partial charge >= 0.3 is 23.8 Å². The topological polar surface area (TPSA) is 166 Å². The molecule has 11 heteroatoms. The fraction of sp³-hybridized carbons (Fsp3) is 0.713. The highest BCUT2D eigenvalue weighted by Gasteiger charge is 2.29. The second kappa shape index (κ2) is 54.2. The molecular formula is C80H135N2O9+. The zero-order valence-electron chi connectivity index (χ0n) is 59.9. The first-order chi connectivity index (χ1) is 43.8. The van der Waals surface area contributed by atoms with Crippen LogP contribution in [0.15, 0.2) is 59.6 Å². The van der Waals surface area contributed by atoms with E-state index in [1.54, 1.807) is 19.1 Å². The quantitative estimate of drug-likeness (QED) is 0.0126. The number of hydrogen-bond donors (Lipinski definition) is 4. The van der Waals surface area contributed by atoms with E-state index in [1.807, 2.05) is 26.8 Å². The van der Waals surface area contributed by atoms with Crippen molar-refractivity contribution in [2.75, 3.05) is 13.2 Å². The SMILES string of the molecule is C=c1c(=O)c(C(O)=[NH+]c2cc(O)c(C(C)(C)C)cc2C(C)(C)C)c[nH]/c1=C/C.CCCCCCCC/C=C\CCCCCCCC(=O)OCC(COC(=O)CCCCCCC/C=C\CCCCCCCC)OC(=O)CCCCCCC/C=C\CCCCCCCC. The van der Waals surface area contributed by atoms with E-state index >= 15 is 0 Å². The summed E-state index contributed by atoms with van der Waals surface area (Å²) in [5.41, 5.74) is 1.54. The molecule has 0 atom stereocenters. The van der Waals surface area contributed by atoms with Gasteiger partial charge in [-0.1, -0.05) is 266 Å². The van der Waals surface area contributed by atoms with Gasteiger partial charge in [0.2, 0.25) is 11.1 Å². The summed E-state index contributed by atoms with van der Waals surface area (Å²) >= 11 is 0. The number of carbonyl (C=O) groups excluding carboxylic acids is 3. The molecule has 0 bridgehead atoms. The average molecular weight is 1270 g/mol. The zero-order chi connectivity index (χ0) is 67.2. The number of ether oxygens (including phenoxy) is 3. The first-order valence-electron chi connectivity index (χ1n) is 36.8. The molecule has 0 aliphatic carbocycles. The van der Waals surface area contributed by atoms with Gasteiger partial charge in [-0.3, -0.25) is 19.2 Å². The molecule has 1 aromatic heterocycles. The van der Waals surface area contributed by atoms with Gasteiger partial charge < -0.3 is 29.4 Å². The van der Waals surface area contributed by atoms with Gasteiger partial charge in [0.05, 0.1) is 6.07 Å². The van der Waals surface area contributed by atoms with Crippen molar-refractivity contribution in [1.29, 1.82) is 0 Å². The number of nitrogens with one attached hydrogen (secondary N) is 2. The van der Waals surface area contributed by atoms with Gasteiger partial charge in [-0.15, -0.1) is 0 Å². The van der Waals surface area contributed by atoms with Gasteiger partial charge in [-0.25, -0.2) is 0 Å². The number of benzene rings is 1. The van der Waals surface area contributed by atoms with E-state index in [9.17, 15) is 29.4 Å². The van der Waals surface area contributed by atoms with Crippen LogP contribution < -0.4 is 21.0 Å². The molecule has 91 heavy (non-hydrogen) atoms. The molecule has 1 aromatic carbocycles. The van der Waals surface area contributed by atoms with Crippen molar-refractivity contribution in [3.8, 4) is 5.75 Å². The van der Waals surface area contributed by atoms with Crippen LogP contribution in [-0.2, 0) is 39.4 Å². The standard InChI is InChI=1S/C57H104O6.C23H30N2O3/c1-4-7-10-13-16-19-22-25-28-31-34-37-40-43-46-49-55(58)61-52-54(63-57(60)51-48-45-42-39-36-33-30-27-24-21-18-15-12-9-6-3)53-62-56(59)50-47-44-41-38-35-32-29-26-23-20-17-14-11-8-5-2;1-9-17-13(2)20(27)14(12-24-17)21(28)25-18-11-19(26)16(23(6,7)8)10-15(18)22(3,4)5/h25-30,54H,4-24,31-53H2,1-3H3;9-12,24,26H,2H2,1,3-8H3,(H,25,28)/p+1/b28-25-,29-26-,30-27-;17-9+. The highest BCUT2D eigenvalue weighted by atomic mass is 16.6. The maximum atomic E-state index is 12.8. The largest absolute Gasteiger partial charge is 0.507 e. The third-order valence-electron chi connectivity index (χ3n) is 16.9.